The van der Waals surface area contributed by atoms with E-state index in [0.29, 0.717) is 0 Å². The molecular weight excluding hydrogens is 414 g/mol. The van der Waals surface area contributed by atoms with Crippen molar-refractivity contribution >= 4 is 33.6 Å². The van der Waals surface area contributed by atoms with E-state index in [1.807, 2.05) is 49.4 Å². The first-order chi connectivity index (χ1) is 13.6. The fraction of sp³-hybridized carbons (Fsp3) is 0.304. The summed E-state index contributed by atoms with van der Waals surface area (Å²) in [4.78, 5) is 14.8. The summed E-state index contributed by atoms with van der Waals surface area (Å²) in [5, 5.41) is 4.22. The van der Waals surface area contributed by atoms with Crippen molar-refractivity contribution in [2.75, 3.05) is 13.1 Å². The van der Waals surface area contributed by atoms with Crippen molar-refractivity contribution in [3.05, 3.63) is 76.3 Å². The van der Waals surface area contributed by atoms with E-state index in [0.717, 1.165) is 48.2 Å². The van der Waals surface area contributed by atoms with Crippen molar-refractivity contribution in [3.63, 3.8) is 0 Å². The van der Waals surface area contributed by atoms with Crippen LogP contribution in [0.2, 0.25) is 0 Å². The maximum Gasteiger partial charge on any atom is 0.243 e. The smallest absolute Gasteiger partial charge is 0.243 e. The van der Waals surface area contributed by atoms with E-state index < -0.39 is 0 Å². The number of carbonyl (C=O) groups is 1. The van der Waals surface area contributed by atoms with Gasteiger partial charge in [0.15, 0.2) is 0 Å². The van der Waals surface area contributed by atoms with E-state index in [4.69, 9.17) is 0 Å². The van der Waals surface area contributed by atoms with Crippen LogP contribution in [0.3, 0.4) is 0 Å². The van der Waals surface area contributed by atoms with E-state index >= 15 is 0 Å². The lowest BCUT2D eigenvalue weighted by atomic mass is 9.96. The third kappa shape index (κ3) is 6.43. The van der Waals surface area contributed by atoms with Crippen LogP contribution in [-0.4, -0.2) is 29.6 Å². The van der Waals surface area contributed by atoms with Gasteiger partial charge in [-0.3, -0.25) is 9.69 Å². The molecule has 0 unspecified atom stereocenters. The molecule has 2 aromatic carbocycles. The number of nitrogens with one attached hydrogen (secondary N) is 1. The predicted octanol–water partition coefficient (Wildman–Crippen LogP) is 4.87. The highest BCUT2D eigenvalue weighted by Crippen LogP contribution is 2.20. The monoisotopic (exact) mass is 439 g/mol. The minimum atomic E-state index is 0.0238. The second-order valence-electron chi connectivity index (χ2n) is 7.15. The Balaban J connectivity index is 1.43. The Morgan fingerprint density at radius 1 is 1.14 bits per heavy atom. The van der Waals surface area contributed by atoms with Gasteiger partial charge in [0.2, 0.25) is 5.91 Å². The largest absolute Gasteiger partial charge is 0.299 e. The number of hydrazone groups is 1. The van der Waals surface area contributed by atoms with Crippen molar-refractivity contribution in [1.82, 2.24) is 10.3 Å². The zero-order valence-electron chi connectivity index (χ0n) is 16.1. The van der Waals surface area contributed by atoms with E-state index in [1.165, 1.54) is 5.56 Å². The average Bonchev–Trinajstić information content (AvgIpc) is 2.73. The third-order valence-electron chi connectivity index (χ3n) is 4.94. The van der Waals surface area contributed by atoms with Gasteiger partial charge in [0.25, 0.3) is 0 Å². The summed E-state index contributed by atoms with van der Waals surface area (Å²) >= 11 is 3.47. The first kappa shape index (κ1) is 20.5. The second-order valence-corrected chi connectivity index (χ2v) is 8.07. The zero-order valence-corrected chi connectivity index (χ0v) is 17.7. The first-order valence-corrected chi connectivity index (χ1v) is 10.4. The lowest BCUT2D eigenvalue weighted by Crippen LogP contribution is -2.39. The van der Waals surface area contributed by atoms with Crippen molar-refractivity contribution < 1.29 is 4.79 Å². The van der Waals surface area contributed by atoms with Gasteiger partial charge in [-0.15, -0.1) is 0 Å². The molecule has 1 N–H and O–H groups in total. The number of allylic oxidation sites excluding steroid dienone is 1. The molecule has 0 atom stereocenters. The number of piperidine rings is 1. The minimum Gasteiger partial charge on any atom is -0.299 e. The Kier molecular flexibility index (Phi) is 7.57. The number of nitrogens with zero attached hydrogens (tertiary/aromatic N) is 2. The molecule has 3 rings (SSSR count). The van der Waals surface area contributed by atoms with Crippen molar-refractivity contribution in [1.29, 1.82) is 0 Å². The number of rotatable bonds is 6. The molecule has 1 heterocycles. The summed E-state index contributed by atoms with van der Waals surface area (Å²) < 4.78 is 1.10. The third-order valence-corrected chi connectivity index (χ3v) is 5.47. The Hall–Kier alpha value is -2.24. The summed E-state index contributed by atoms with van der Waals surface area (Å²) in [6.07, 6.45) is 5.65. The Morgan fingerprint density at radius 2 is 1.82 bits per heavy atom. The van der Waals surface area contributed by atoms with Gasteiger partial charge in [0.05, 0.1) is 5.71 Å². The molecular formula is C23H26BrN3O. The number of hydrogen-bond donors (Lipinski definition) is 1. The van der Waals surface area contributed by atoms with Crippen LogP contribution in [0.4, 0.5) is 0 Å². The Labute approximate surface area is 175 Å². The van der Waals surface area contributed by atoms with Crippen LogP contribution in [0.5, 0.6) is 0 Å². The van der Waals surface area contributed by atoms with Crippen LogP contribution >= 0.6 is 15.9 Å². The van der Waals surface area contributed by atoms with Crippen molar-refractivity contribution in [2.45, 2.75) is 26.3 Å². The van der Waals surface area contributed by atoms with Crippen LogP contribution < -0.4 is 5.43 Å². The van der Waals surface area contributed by atoms with Crippen LogP contribution in [0, 0.1) is 5.92 Å². The van der Waals surface area contributed by atoms with Gasteiger partial charge in [0.1, 0.15) is 0 Å². The number of carbonyl (C=O) groups excluding carboxylic acids is 1. The molecule has 0 saturated carbocycles. The number of amides is 1. The Morgan fingerprint density at radius 3 is 2.50 bits per heavy atom. The topological polar surface area (TPSA) is 44.7 Å². The van der Waals surface area contributed by atoms with Gasteiger partial charge in [-0.1, -0.05) is 64.5 Å². The molecule has 1 saturated heterocycles. The zero-order chi connectivity index (χ0) is 19.8. The van der Waals surface area contributed by atoms with E-state index in [2.05, 4.69) is 55.6 Å². The molecule has 146 valence electrons. The van der Waals surface area contributed by atoms with Crippen molar-refractivity contribution in [3.8, 4) is 0 Å². The minimum absolute atomic E-state index is 0.0238. The molecule has 0 aromatic heterocycles. The molecule has 0 aliphatic carbocycles. The molecule has 4 nitrogen and oxygen atoms in total. The highest BCUT2D eigenvalue weighted by molar-refractivity contribution is 9.10. The van der Waals surface area contributed by atoms with Crippen LogP contribution in [0.1, 0.15) is 30.9 Å². The van der Waals surface area contributed by atoms with Gasteiger partial charge in [-0.05, 0) is 62.2 Å². The summed E-state index contributed by atoms with van der Waals surface area (Å²) in [7, 11) is 0. The summed E-state index contributed by atoms with van der Waals surface area (Å²) in [6, 6.07) is 18.5. The number of likely N-dealkylation sites (tertiary alicyclic amines) is 1. The maximum atomic E-state index is 12.4. The number of benzene rings is 2. The standard InChI is InChI=1S/C23H26BrN3O/c1-18(7-8-19-5-3-2-4-6-19)25-26-23(28)21-13-15-27(16-14-21)17-20-9-11-22(24)12-10-20/h2-12,21H,13-17H2,1H3,(H,26,28)/b8-7+,25-18+. The Bertz CT molecular complexity index is 823. The fourth-order valence-electron chi connectivity index (χ4n) is 3.25. The SMILES string of the molecule is CC(/C=C/c1ccccc1)=N\NC(=O)C1CCN(Cc2ccc(Br)cc2)CC1. The molecule has 1 amide bonds. The van der Waals surface area contributed by atoms with Gasteiger partial charge < -0.3 is 0 Å². The van der Waals surface area contributed by atoms with Crippen LogP contribution in [0.15, 0.2) is 70.2 Å². The fourth-order valence-corrected chi connectivity index (χ4v) is 3.52. The van der Waals surface area contributed by atoms with Crippen LogP contribution in [-0.2, 0) is 11.3 Å². The average molecular weight is 440 g/mol. The highest BCUT2D eigenvalue weighted by Gasteiger charge is 2.24. The lowest BCUT2D eigenvalue weighted by molar-refractivity contribution is -0.126. The van der Waals surface area contributed by atoms with Crippen LogP contribution in [0.25, 0.3) is 6.08 Å². The predicted molar refractivity (Wildman–Crippen MR) is 119 cm³/mol. The van der Waals surface area contributed by atoms with Gasteiger partial charge in [0, 0.05) is 16.9 Å². The summed E-state index contributed by atoms with van der Waals surface area (Å²) in [6.45, 7) is 4.69. The van der Waals surface area contributed by atoms with E-state index in [1.54, 1.807) is 0 Å². The van der Waals surface area contributed by atoms with E-state index in [9.17, 15) is 4.79 Å². The number of hydrogen-bond acceptors (Lipinski definition) is 3. The maximum absolute atomic E-state index is 12.4. The second kappa shape index (κ2) is 10.3. The quantitative estimate of drug-likeness (QED) is 0.515. The molecule has 2 aromatic rings. The molecule has 1 aliphatic rings. The molecule has 1 aliphatic heterocycles. The van der Waals surface area contributed by atoms with Crippen molar-refractivity contribution in [2.24, 2.45) is 11.0 Å². The summed E-state index contributed by atoms with van der Waals surface area (Å²) in [5.41, 5.74) is 5.93. The molecule has 0 bridgehead atoms. The lowest BCUT2D eigenvalue weighted by Gasteiger charge is -2.30. The van der Waals surface area contributed by atoms with Gasteiger partial charge in [-0.25, -0.2) is 5.43 Å². The summed E-state index contributed by atoms with van der Waals surface area (Å²) in [5.74, 6) is 0.0616. The van der Waals surface area contributed by atoms with E-state index in [-0.39, 0.29) is 11.8 Å². The van der Waals surface area contributed by atoms with Gasteiger partial charge >= 0.3 is 0 Å². The molecule has 1 fully saturated rings. The number of halogens is 1. The van der Waals surface area contributed by atoms with Gasteiger partial charge in [-0.2, -0.15) is 5.10 Å². The first-order valence-electron chi connectivity index (χ1n) is 9.64. The highest BCUT2D eigenvalue weighted by atomic mass is 79.9. The normalized spacial score (nSPS) is 16.4. The molecule has 0 spiro atoms. The molecule has 5 heteroatoms. The molecule has 28 heavy (non-hydrogen) atoms. The molecule has 0 radical (unpaired) electrons.